The third-order valence-corrected chi connectivity index (χ3v) is 5.57. The first-order valence-corrected chi connectivity index (χ1v) is 10.7. The van der Waals surface area contributed by atoms with Crippen molar-refractivity contribution in [3.8, 4) is 11.4 Å². The molecule has 1 amide bonds. The van der Waals surface area contributed by atoms with E-state index in [9.17, 15) is 22.0 Å². The van der Waals surface area contributed by atoms with E-state index in [0.717, 1.165) is 0 Å². The van der Waals surface area contributed by atoms with Crippen molar-refractivity contribution in [2.24, 2.45) is 0 Å². The molecule has 0 spiro atoms. The second kappa shape index (κ2) is 7.47. The highest BCUT2D eigenvalue weighted by Gasteiger charge is 2.27. The topological polar surface area (TPSA) is 94.0 Å². The Morgan fingerprint density at radius 3 is 2.40 bits per heavy atom. The van der Waals surface area contributed by atoms with Crippen LogP contribution < -0.4 is 5.43 Å². The number of hydrogen-bond donors (Lipinski definition) is 1. The molecule has 2 aromatic heterocycles. The molecule has 30 heavy (non-hydrogen) atoms. The van der Waals surface area contributed by atoms with Crippen LogP contribution in [-0.4, -0.2) is 29.0 Å². The molecule has 0 aliphatic carbocycles. The van der Waals surface area contributed by atoms with E-state index in [4.69, 9.17) is 10.7 Å². The second-order valence-electron chi connectivity index (χ2n) is 6.16. The van der Waals surface area contributed by atoms with Crippen LogP contribution in [0.15, 0.2) is 65.8 Å². The first-order chi connectivity index (χ1) is 14.3. The van der Waals surface area contributed by atoms with Crippen molar-refractivity contribution < 1.29 is 22.0 Å². The van der Waals surface area contributed by atoms with Gasteiger partial charge >= 0.3 is 0 Å². The number of nitrogens with zero attached hydrogens (tertiary/aromatic N) is 3. The van der Waals surface area contributed by atoms with Crippen molar-refractivity contribution in [3.05, 3.63) is 78.3 Å². The number of para-hydroxylation sites is 1. The van der Waals surface area contributed by atoms with Crippen molar-refractivity contribution in [1.29, 1.82) is 0 Å². The maximum absolute atomic E-state index is 14.8. The molecule has 4 aromatic rings. The zero-order chi connectivity index (χ0) is 21.5. The predicted molar refractivity (Wildman–Crippen MR) is 106 cm³/mol. The lowest BCUT2D eigenvalue weighted by Gasteiger charge is -2.09. The molecule has 0 bridgehead atoms. The molecule has 0 radical (unpaired) electrons. The highest BCUT2D eigenvalue weighted by molar-refractivity contribution is 8.14. The molecule has 2 heterocycles. The summed E-state index contributed by atoms with van der Waals surface area (Å²) in [6.07, 6.45) is 2.37. The number of carbonyl (C=O) groups is 1. The fraction of sp³-hybridized carbons (Fsp3) is 0. The smallest absolute Gasteiger partial charge is 0.267 e. The van der Waals surface area contributed by atoms with Crippen LogP contribution in [0.2, 0.25) is 0 Å². The van der Waals surface area contributed by atoms with Crippen LogP contribution >= 0.6 is 10.7 Å². The Morgan fingerprint density at radius 2 is 1.73 bits per heavy atom. The van der Waals surface area contributed by atoms with Crippen molar-refractivity contribution in [1.82, 2.24) is 14.6 Å². The lowest BCUT2D eigenvalue weighted by atomic mass is 10.2. The minimum absolute atomic E-state index is 0.0167. The van der Waals surface area contributed by atoms with Gasteiger partial charge in [-0.25, -0.2) is 27.5 Å². The normalized spacial score (nSPS) is 11.6. The molecule has 0 atom stereocenters. The fourth-order valence-corrected chi connectivity index (χ4v) is 4.08. The predicted octanol–water partition coefficient (Wildman–Crippen LogP) is 3.69. The van der Waals surface area contributed by atoms with Gasteiger partial charge in [-0.1, -0.05) is 30.3 Å². The van der Waals surface area contributed by atoms with E-state index in [2.05, 4.69) is 15.4 Å². The van der Waals surface area contributed by atoms with Gasteiger partial charge in [0.1, 0.15) is 10.7 Å². The fourth-order valence-electron chi connectivity index (χ4n) is 2.91. The Kier molecular flexibility index (Phi) is 4.96. The van der Waals surface area contributed by atoms with Gasteiger partial charge in [0.25, 0.3) is 15.0 Å². The summed E-state index contributed by atoms with van der Waals surface area (Å²) in [4.78, 5) is 19.9. The van der Waals surface area contributed by atoms with Crippen molar-refractivity contribution in [3.63, 3.8) is 0 Å². The van der Waals surface area contributed by atoms with E-state index in [1.54, 1.807) is 12.1 Å². The average molecular weight is 449 g/mol. The standard InChI is InChI=1S/C19H11ClF2N4O3S/c20-30(28,29)16-14-6-1-2-7-15(14)26(17(16)22)25-19(27)12-9-23-18(24-10-12)11-4-3-5-13(21)8-11/h1-10H,(H,25,27). The highest BCUT2D eigenvalue weighted by Crippen LogP contribution is 2.30. The number of aromatic nitrogens is 3. The lowest BCUT2D eigenvalue weighted by Crippen LogP contribution is -2.24. The Labute approximate surface area is 173 Å². The molecule has 0 fully saturated rings. The van der Waals surface area contributed by atoms with Crippen LogP contribution in [0.1, 0.15) is 10.4 Å². The molecule has 0 saturated carbocycles. The quantitative estimate of drug-likeness (QED) is 0.480. The van der Waals surface area contributed by atoms with E-state index >= 15 is 0 Å². The van der Waals surface area contributed by atoms with Gasteiger partial charge in [0, 0.05) is 34.0 Å². The maximum Gasteiger partial charge on any atom is 0.273 e. The Balaban J connectivity index is 1.68. The van der Waals surface area contributed by atoms with E-state index in [1.165, 1.54) is 48.8 Å². The molecule has 0 saturated heterocycles. The van der Waals surface area contributed by atoms with Gasteiger partial charge in [-0.3, -0.25) is 10.2 Å². The lowest BCUT2D eigenvalue weighted by molar-refractivity contribution is 0.100. The molecule has 0 unspecified atom stereocenters. The molecule has 152 valence electrons. The zero-order valence-electron chi connectivity index (χ0n) is 14.9. The van der Waals surface area contributed by atoms with E-state index < -0.39 is 31.6 Å². The SMILES string of the molecule is O=C(Nn1c(F)c(S(=O)(=O)Cl)c2ccccc21)c1cnc(-c2cccc(F)c2)nc1. The van der Waals surface area contributed by atoms with Crippen LogP contribution in [0.25, 0.3) is 22.3 Å². The van der Waals surface area contributed by atoms with Crippen molar-refractivity contribution in [2.45, 2.75) is 4.90 Å². The van der Waals surface area contributed by atoms with Gasteiger partial charge in [0.2, 0.25) is 5.95 Å². The summed E-state index contributed by atoms with van der Waals surface area (Å²) < 4.78 is 52.4. The number of fused-ring (bicyclic) bond motifs is 1. The first-order valence-electron chi connectivity index (χ1n) is 8.38. The van der Waals surface area contributed by atoms with Crippen LogP contribution in [0, 0.1) is 11.8 Å². The minimum Gasteiger partial charge on any atom is -0.267 e. The zero-order valence-corrected chi connectivity index (χ0v) is 16.5. The summed E-state index contributed by atoms with van der Waals surface area (Å²) in [6.45, 7) is 0. The molecule has 4 rings (SSSR count). The van der Waals surface area contributed by atoms with Gasteiger partial charge in [-0.05, 0) is 18.2 Å². The summed E-state index contributed by atoms with van der Waals surface area (Å²) in [5.41, 5.74) is 2.76. The van der Waals surface area contributed by atoms with Crippen molar-refractivity contribution >= 4 is 36.5 Å². The number of amides is 1. The Morgan fingerprint density at radius 1 is 1.03 bits per heavy atom. The monoisotopic (exact) mass is 448 g/mol. The Hall–Kier alpha value is -3.37. The third-order valence-electron chi connectivity index (χ3n) is 4.23. The summed E-state index contributed by atoms with van der Waals surface area (Å²) in [7, 11) is 0.946. The molecular weight excluding hydrogens is 438 g/mol. The van der Waals surface area contributed by atoms with E-state index in [0.29, 0.717) is 10.2 Å². The van der Waals surface area contributed by atoms with Crippen LogP contribution in [-0.2, 0) is 9.05 Å². The number of benzene rings is 2. The molecule has 0 aliphatic rings. The number of nitrogens with one attached hydrogen (secondary N) is 1. The molecule has 11 heteroatoms. The second-order valence-corrected chi connectivity index (χ2v) is 8.66. The molecule has 0 aliphatic heterocycles. The van der Waals surface area contributed by atoms with E-state index in [-0.39, 0.29) is 22.3 Å². The van der Waals surface area contributed by atoms with Crippen LogP contribution in [0.4, 0.5) is 8.78 Å². The summed E-state index contributed by atoms with van der Waals surface area (Å²) in [5, 5.41) is 0.0167. The summed E-state index contributed by atoms with van der Waals surface area (Å²) in [6, 6.07) is 11.5. The molecular formula is C19H11ClF2N4O3S. The minimum atomic E-state index is -4.41. The Bertz CT molecular complexity index is 1390. The van der Waals surface area contributed by atoms with Gasteiger partial charge in [-0.15, -0.1) is 0 Å². The third kappa shape index (κ3) is 3.62. The number of carbonyl (C=O) groups excluding carboxylic acids is 1. The van der Waals surface area contributed by atoms with Crippen LogP contribution in [0.3, 0.4) is 0 Å². The van der Waals surface area contributed by atoms with Gasteiger partial charge in [0.05, 0.1) is 11.1 Å². The van der Waals surface area contributed by atoms with Crippen molar-refractivity contribution in [2.75, 3.05) is 5.43 Å². The number of hydrogen-bond acceptors (Lipinski definition) is 5. The van der Waals surface area contributed by atoms with E-state index in [1.807, 2.05) is 0 Å². The highest BCUT2D eigenvalue weighted by atomic mass is 35.7. The summed E-state index contributed by atoms with van der Waals surface area (Å²) in [5.74, 6) is -2.30. The van der Waals surface area contributed by atoms with Gasteiger partial charge in [-0.2, -0.15) is 4.39 Å². The molecule has 7 nitrogen and oxygen atoms in total. The molecule has 1 N–H and O–H groups in total. The molecule has 2 aromatic carbocycles. The number of rotatable bonds is 4. The first kappa shape index (κ1) is 19.9. The van der Waals surface area contributed by atoms with Crippen LogP contribution in [0.5, 0.6) is 0 Å². The number of halogens is 3. The summed E-state index contributed by atoms with van der Waals surface area (Å²) >= 11 is 0. The largest absolute Gasteiger partial charge is 0.273 e. The average Bonchev–Trinajstić information content (AvgIpc) is 3.00. The maximum atomic E-state index is 14.8. The van der Waals surface area contributed by atoms with Gasteiger partial charge in [0.15, 0.2) is 5.82 Å². The van der Waals surface area contributed by atoms with Gasteiger partial charge < -0.3 is 0 Å².